The zero-order valence-electron chi connectivity index (χ0n) is 14.8. The van der Waals surface area contributed by atoms with Crippen LogP contribution in [0, 0.1) is 0 Å². The molecule has 25 heavy (non-hydrogen) atoms. The molecule has 1 aromatic heterocycles. The predicted octanol–water partition coefficient (Wildman–Crippen LogP) is 2.58. The molecular weight excluding hydrogens is 429 g/mol. The Bertz CT molecular complexity index is 673. The molecule has 3 rings (SSSR count). The van der Waals surface area contributed by atoms with Gasteiger partial charge in [-0.15, -0.1) is 24.0 Å². The van der Waals surface area contributed by atoms with Gasteiger partial charge in [0.05, 0.1) is 25.9 Å². The Labute approximate surface area is 166 Å². The highest BCUT2D eigenvalue weighted by atomic mass is 127. The van der Waals surface area contributed by atoms with Crippen molar-refractivity contribution in [2.24, 2.45) is 12.0 Å². The zero-order valence-corrected chi connectivity index (χ0v) is 17.1. The molecule has 1 atom stereocenters. The van der Waals surface area contributed by atoms with Crippen LogP contribution in [0.3, 0.4) is 0 Å². The average Bonchev–Trinajstić information content (AvgIpc) is 3.06. The number of hydrogen-bond acceptors (Lipinski definition) is 3. The van der Waals surface area contributed by atoms with Gasteiger partial charge in [-0.1, -0.05) is 30.3 Å². The number of nitrogens with one attached hydrogen (secondary N) is 1. The van der Waals surface area contributed by atoms with Crippen molar-refractivity contribution in [2.45, 2.75) is 19.6 Å². The van der Waals surface area contributed by atoms with Crippen LogP contribution in [0.25, 0.3) is 0 Å². The Morgan fingerprint density at radius 2 is 2.16 bits per heavy atom. The minimum atomic E-state index is 0. The minimum Gasteiger partial charge on any atom is -0.370 e. The van der Waals surface area contributed by atoms with Gasteiger partial charge in [0.1, 0.15) is 6.10 Å². The number of guanidine groups is 1. The summed E-state index contributed by atoms with van der Waals surface area (Å²) in [5.74, 6) is 0.943. The maximum atomic E-state index is 5.92. The summed E-state index contributed by atoms with van der Waals surface area (Å²) in [5, 5.41) is 7.65. The third kappa shape index (κ3) is 5.43. The molecule has 1 fully saturated rings. The number of aliphatic imine (C=N–C) groups is 1. The van der Waals surface area contributed by atoms with E-state index in [1.807, 2.05) is 42.3 Å². The molecular formula is C18H26IN5O. The quantitative estimate of drug-likeness (QED) is 0.438. The summed E-state index contributed by atoms with van der Waals surface area (Å²) in [4.78, 5) is 7.07. The monoisotopic (exact) mass is 455 g/mol. The molecule has 0 bridgehead atoms. The largest absolute Gasteiger partial charge is 0.370 e. The van der Waals surface area contributed by atoms with Crippen LogP contribution in [-0.4, -0.2) is 46.9 Å². The van der Waals surface area contributed by atoms with Gasteiger partial charge in [-0.2, -0.15) is 5.10 Å². The van der Waals surface area contributed by atoms with Crippen LogP contribution >= 0.6 is 24.0 Å². The Morgan fingerprint density at radius 1 is 1.36 bits per heavy atom. The molecule has 0 radical (unpaired) electrons. The second-order valence-corrected chi connectivity index (χ2v) is 5.91. The van der Waals surface area contributed by atoms with Gasteiger partial charge in [-0.3, -0.25) is 4.68 Å². The third-order valence-corrected chi connectivity index (χ3v) is 4.05. The molecule has 7 heteroatoms. The molecule has 136 valence electrons. The highest BCUT2D eigenvalue weighted by molar-refractivity contribution is 14.0. The lowest BCUT2D eigenvalue weighted by Crippen LogP contribution is -2.48. The first-order valence-electron chi connectivity index (χ1n) is 8.43. The summed E-state index contributed by atoms with van der Waals surface area (Å²) in [7, 11) is 1.93. The standard InChI is InChI=1S/C18H25N5O.HI/c1-3-19-18(20-11-15-7-5-4-6-8-15)23-9-10-24-17(14-23)16-12-21-22(2)13-16;/h4-8,12-13,17H,3,9-11,14H2,1-2H3,(H,19,20);1H. The van der Waals surface area contributed by atoms with E-state index in [4.69, 9.17) is 9.73 Å². The fourth-order valence-corrected chi connectivity index (χ4v) is 2.83. The van der Waals surface area contributed by atoms with E-state index in [1.165, 1.54) is 5.56 Å². The number of rotatable bonds is 4. The van der Waals surface area contributed by atoms with Crippen molar-refractivity contribution in [3.05, 3.63) is 53.9 Å². The first kappa shape index (κ1) is 19.7. The topological polar surface area (TPSA) is 54.7 Å². The number of nitrogens with zero attached hydrogens (tertiary/aromatic N) is 4. The number of aromatic nitrogens is 2. The molecule has 1 aromatic carbocycles. The number of halogens is 1. The van der Waals surface area contributed by atoms with E-state index in [0.29, 0.717) is 13.2 Å². The van der Waals surface area contributed by atoms with Gasteiger partial charge in [-0.05, 0) is 12.5 Å². The van der Waals surface area contributed by atoms with Crippen LogP contribution < -0.4 is 5.32 Å². The first-order valence-corrected chi connectivity index (χ1v) is 8.43. The Balaban J connectivity index is 0.00000225. The highest BCUT2D eigenvalue weighted by Crippen LogP contribution is 2.21. The molecule has 0 spiro atoms. The second kappa shape index (κ2) is 9.76. The van der Waals surface area contributed by atoms with Crippen LogP contribution in [0.5, 0.6) is 0 Å². The molecule has 6 nitrogen and oxygen atoms in total. The van der Waals surface area contributed by atoms with E-state index >= 15 is 0 Å². The molecule has 0 amide bonds. The second-order valence-electron chi connectivity index (χ2n) is 5.91. The summed E-state index contributed by atoms with van der Waals surface area (Å²) in [6.07, 6.45) is 3.93. The van der Waals surface area contributed by atoms with Crippen molar-refractivity contribution in [1.82, 2.24) is 20.0 Å². The van der Waals surface area contributed by atoms with Crippen molar-refractivity contribution in [3.63, 3.8) is 0 Å². The van der Waals surface area contributed by atoms with Gasteiger partial charge in [-0.25, -0.2) is 4.99 Å². The van der Waals surface area contributed by atoms with Gasteiger partial charge < -0.3 is 15.0 Å². The molecule has 1 aliphatic rings. The molecule has 0 saturated carbocycles. The van der Waals surface area contributed by atoms with Gasteiger partial charge in [0.15, 0.2) is 5.96 Å². The number of benzene rings is 1. The van der Waals surface area contributed by atoms with Gasteiger partial charge in [0.25, 0.3) is 0 Å². The molecule has 2 aromatic rings. The molecule has 1 unspecified atom stereocenters. The fourth-order valence-electron chi connectivity index (χ4n) is 2.83. The minimum absolute atomic E-state index is 0. The number of hydrogen-bond donors (Lipinski definition) is 1. The van der Waals surface area contributed by atoms with Crippen molar-refractivity contribution in [3.8, 4) is 0 Å². The summed E-state index contributed by atoms with van der Waals surface area (Å²) in [5.41, 5.74) is 2.33. The van der Waals surface area contributed by atoms with E-state index in [2.05, 4.69) is 34.4 Å². The Hall–Kier alpha value is -1.61. The summed E-state index contributed by atoms with van der Waals surface area (Å²) in [6, 6.07) is 10.3. The fraction of sp³-hybridized carbons (Fsp3) is 0.444. The van der Waals surface area contributed by atoms with Gasteiger partial charge in [0.2, 0.25) is 0 Å². The van der Waals surface area contributed by atoms with Crippen molar-refractivity contribution in [2.75, 3.05) is 26.2 Å². The highest BCUT2D eigenvalue weighted by Gasteiger charge is 2.25. The van der Waals surface area contributed by atoms with Crippen LogP contribution in [0.15, 0.2) is 47.7 Å². The van der Waals surface area contributed by atoms with Crippen LogP contribution in [0.2, 0.25) is 0 Å². The maximum Gasteiger partial charge on any atom is 0.194 e. The molecule has 1 aliphatic heterocycles. The number of aryl methyl sites for hydroxylation is 1. The molecule has 1 saturated heterocycles. The van der Waals surface area contributed by atoms with Crippen LogP contribution in [-0.2, 0) is 18.3 Å². The maximum absolute atomic E-state index is 5.92. The smallest absolute Gasteiger partial charge is 0.194 e. The third-order valence-electron chi connectivity index (χ3n) is 4.05. The summed E-state index contributed by atoms with van der Waals surface area (Å²) < 4.78 is 7.73. The van der Waals surface area contributed by atoms with Crippen molar-refractivity contribution < 1.29 is 4.74 Å². The van der Waals surface area contributed by atoms with Crippen LogP contribution in [0.4, 0.5) is 0 Å². The van der Waals surface area contributed by atoms with Crippen LogP contribution in [0.1, 0.15) is 24.2 Å². The van der Waals surface area contributed by atoms with E-state index in [0.717, 1.165) is 31.2 Å². The Morgan fingerprint density at radius 3 is 2.84 bits per heavy atom. The van der Waals surface area contributed by atoms with E-state index in [-0.39, 0.29) is 30.1 Å². The Kier molecular flexibility index (Phi) is 7.70. The van der Waals surface area contributed by atoms with E-state index in [1.54, 1.807) is 0 Å². The van der Waals surface area contributed by atoms with E-state index < -0.39 is 0 Å². The van der Waals surface area contributed by atoms with E-state index in [9.17, 15) is 0 Å². The molecule has 1 N–H and O–H groups in total. The van der Waals surface area contributed by atoms with Gasteiger partial charge >= 0.3 is 0 Å². The van der Waals surface area contributed by atoms with Gasteiger partial charge in [0, 0.05) is 31.9 Å². The first-order chi connectivity index (χ1) is 11.8. The molecule has 2 heterocycles. The average molecular weight is 455 g/mol. The lowest BCUT2D eigenvalue weighted by molar-refractivity contribution is -0.00805. The van der Waals surface area contributed by atoms with Crippen molar-refractivity contribution in [1.29, 1.82) is 0 Å². The number of morpholine rings is 1. The number of ether oxygens (including phenoxy) is 1. The SMILES string of the molecule is CCNC(=NCc1ccccc1)N1CCOC(c2cnn(C)c2)C1.I. The summed E-state index contributed by atoms with van der Waals surface area (Å²) >= 11 is 0. The predicted molar refractivity (Wildman–Crippen MR) is 110 cm³/mol. The lowest BCUT2D eigenvalue weighted by Gasteiger charge is -2.34. The summed E-state index contributed by atoms with van der Waals surface area (Å²) in [6.45, 7) is 5.94. The zero-order chi connectivity index (χ0) is 16.8. The normalized spacial score (nSPS) is 17.9. The molecule has 0 aliphatic carbocycles. The van der Waals surface area contributed by atoms with Crippen molar-refractivity contribution >= 4 is 29.9 Å². The lowest BCUT2D eigenvalue weighted by atomic mass is 10.1.